The molecule has 1 fully saturated rings. The molecule has 2 heterocycles. The summed E-state index contributed by atoms with van der Waals surface area (Å²) in [7, 11) is 0. The lowest BCUT2D eigenvalue weighted by molar-refractivity contribution is 0.194. The zero-order valence-electron chi connectivity index (χ0n) is 10.6. The van der Waals surface area contributed by atoms with Crippen molar-refractivity contribution in [3.05, 3.63) is 52.6 Å². The number of β-amino-alcohol motifs (C(OH)–C–C–N with tert-alkyl or cyclic N) is 1. The van der Waals surface area contributed by atoms with E-state index in [1.165, 1.54) is 18.5 Å². The molecular formula is C14H13BrFN3O. The fourth-order valence-corrected chi connectivity index (χ4v) is 3.04. The van der Waals surface area contributed by atoms with Crippen molar-refractivity contribution in [1.29, 1.82) is 0 Å². The number of benzene rings is 1. The van der Waals surface area contributed by atoms with Gasteiger partial charge in [-0.3, -0.25) is 0 Å². The molecule has 104 valence electrons. The van der Waals surface area contributed by atoms with Gasteiger partial charge in [0.1, 0.15) is 18.0 Å². The number of halogens is 2. The smallest absolute Gasteiger partial charge is 0.146 e. The summed E-state index contributed by atoms with van der Waals surface area (Å²) in [5.74, 6) is 0.441. The lowest BCUT2D eigenvalue weighted by atomic mass is 10.0. The van der Waals surface area contributed by atoms with Gasteiger partial charge in [0, 0.05) is 12.7 Å². The molecule has 0 unspecified atom stereocenters. The average molecular weight is 338 g/mol. The predicted octanol–water partition coefficient (Wildman–Crippen LogP) is 2.69. The molecule has 2 aromatic rings. The summed E-state index contributed by atoms with van der Waals surface area (Å²) in [4.78, 5) is 10.2. The molecule has 0 aliphatic carbocycles. The van der Waals surface area contributed by atoms with Gasteiger partial charge in [0.05, 0.1) is 16.6 Å². The Hall–Kier alpha value is -1.53. The van der Waals surface area contributed by atoms with Crippen molar-refractivity contribution in [2.24, 2.45) is 0 Å². The van der Waals surface area contributed by atoms with Crippen molar-refractivity contribution < 1.29 is 9.50 Å². The van der Waals surface area contributed by atoms with Gasteiger partial charge in [-0.15, -0.1) is 0 Å². The second-order valence-electron chi connectivity index (χ2n) is 4.81. The minimum Gasteiger partial charge on any atom is -0.391 e. The number of nitrogens with zero attached hydrogens (tertiary/aromatic N) is 3. The molecule has 0 saturated carbocycles. The second-order valence-corrected chi connectivity index (χ2v) is 5.66. The van der Waals surface area contributed by atoms with E-state index in [9.17, 15) is 9.50 Å². The van der Waals surface area contributed by atoms with Crippen LogP contribution in [-0.4, -0.2) is 27.7 Å². The fraction of sp³-hybridized carbons (Fsp3) is 0.286. The zero-order chi connectivity index (χ0) is 14.1. The summed E-state index contributed by atoms with van der Waals surface area (Å²) in [6.45, 7) is 0.469. The van der Waals surface area contributed by atoms with Crippen LogP contribution in [-0.2, 0) is 0 Å². The highest BCUT2D eigenvalue weighted by atomic mass is 79.9. The van der Waals surface area contributed by atoms with E-state index < -0.39 is 6.10 Å². The molecule has 6 heteroatoms. The first-order chi connectivity index (χ1) is 9.65. The topological polar surface area (TPSA) is 49.2 Å². The third kappa shape index (κ3) is 2.53. The Balaban J connectivity index is 1.99. The van der Waals surface area contributed by atoms with Crippen molar-refractivity contribution in [2.45, 2.75) is 18.6 Å². The quantitative estimate of drug-likeness (QED) is 0.915. The molecule has 1 N–H and O–H groups in total. The van der Waals surface area contributed by atoms with Gasteiger partial charge in [-0.05, 0) is 40.0 Å². The Morgan fingerprint density at radius 3 is 3.00 bits per heavy atom. The van der Waals surface area contributed by atoms with Crippen LogP contribution in [0.2, 0.25) is 0 Å². The maximum atomic E-state index is 13.4. The molecule has 1 saturated heterocycles. The summed E-state index contributed by atoms with van der Waals surface area (Å²) in [5.41, 5.74) is 0.840. The summed E-state index contributed by atoms with van der Waals surface area (Å²) in [6, 6.07) is 6.38. The summed E-state index contributed by atoms with van der Waals surface area (Å²) >= 11 is 3.42. The van der Waals surface area contributed by atoms with Gasteiger partial charge in [-0.2, -0.15) is 0 Å². The van der Waals surface area contributed by atoms with E-state index >= 15 is 0 Å². The molecule has 0 bridgehead atoms. The van der Waals surface area contributed by atoms with Gasteiger partial charge in [0.15, 0.2) is 0 Å². The molecule has 1 aliphatic heterocycles. The van der Waals surface area contributed by atoms with Gasteiger partial charge in [-0.25, -0.2) is 14.4 Å². The van der Waals surface area contributed by atoms with Crippen LogP contribution >= 0.6 is 15.9 Å². The first kappa shape index (κ1) is 13.5. The Labute approximate surface area is 124 Å². The SMILES string of the molecule is O[C@H]1C[C@H](c2cccc(F)c2)N(c2ncncc2Br)C1. The molecule has 0 spiro atoms. The van der Waals surface area contributed by atoms with Crippen molar-refractivity contribution in [3.63, 3.8) is 0 Å². The molecule has 1 aromatic carbocycles. The lowest BCUT2D eigenvalue weighted by Crippen LogP contribution is -2.25. The largest absolute Gasteiger partial charge is 0.391 e. The van der Waals surface area contributed by atoms with Crippen LogP contribution in [0.4, 0.5) is 10.2 Å². The van der Waals surface area contributed by atoms with Crippen molar-refractivity contribution >= 4 is 21.7 Å². The first-order valence-corrected chi connectivity index (χ1v) is 7.10. The maximum Gasteiger partial charge on any atom is 0.146 e. The molecule has 2 atom stereocenters. The van der Waals surface area contributed by atoms with E-state index in [4.69, 9.17) is 0 Å². The highest BCUT2D eigenvalue weighted by Gasteiger charge is 2.34. The van der Waals surface area contributed by atoms with Gasteiger partial charge in [0.25, 0.3) is 0 Å². The van der Waals surface area contributed by atoms with Crippen LogP contribution in [0.15, 0.2) is 41.3 Å². The number of rotatable bonds is 2. The molecule has 20 heavy (non-hydrogen) atoms. The Bertz CT molecular complexity index is 625. The van der Waals surface area contributed by atoms with E-state index in [2.05, 4.69) is 25.9 Å². The van der Waals surface area contributed by atoms with Crippen LogP contribution in [0.1, 0.15) is 18.0 Å². The minimum atomic E-state index is -0.454. The third-order valence-corrected chi connectivity index (χ3v) is 3.99. The molecule has 3 rings (SSSR count). The van der Waals surface area contributed by atoms with Crippen LogP contribution in [0.5, 0.6) is 0 Å². The van der Waals surface area contributed by atoms with Crippen LogP contribution in [0.25, 0.3) is 0 Å². The molecule has 4 nitrogen and oxygen atoms in total. The number of anilines is 1. The fourth-order valence-electron chi connectivity index (χ4n) is 2.60. The summed E-state index contributed by atoms with van der Waals surface area (Å²) in [5, 5.41) is 9.96. The molecule has 0 radical (unpaired) electrons. The summed E-state index contributed by atoms with van der Waals surface area (Å²) in [6.07, 6.45) is 3.23. The molecule has 1 aromatic heterocycles. The number of aliphatic hydroxyl groups is 1. The van der Waals surface area contributed by atoms with E-state index in [-0.39, 0.29) is 11.9 Å². The monoisotopic (exact) mass is 337 g/mol. The average Bonchev–Trinajstić information content (AvgIpc) is 2.81. The Morgan fingerprint density at radius 2 is 2.25 bits per heavy atom. The Kier molecular flexibility index (Phi) is 3.67. The van der Waals surface area contributed by atoms with Gasteiger partial charge in [0.2, 0.25) is 0 Å². The van der Waals surface area contributed by atoms with E-state index in [0.717, 1.165) is 10.0 Å². The van der Waals surface area contributed by atoms with Crippen LogP contribution in [0, 0.1) is 5.82 Å². The molecule has 0 amide bonds. The van der Waals surface area contributed by atoms with Gasteiger partial charge in [-0.1, -0.05) is 12.1 Å². The number of hydrogen-bond acceptors (Lipinski definition) is 4. The van der Waals surface area contributed by atoms with E-state index in [1.54, 1.807) is 12.3 Å². The second kappa shape index (κ2) is 5.46. The normalized spacial score (nSPS) is 22.2. The lowest BCUT2D eigenvalue weighted by Gasteiger charge is -2.26. The molecule has 1 aliphatic rings. The zero-order valence-corrected chi connectivity index (χ0v) is 12.2. The van der Waals surface area contributed by atoms with Gasteiger partial charge >= 0.3 is 0 Å². The first-order valence-electron chi connectivity index (χ1n) is 6.31. The van der Waals surface area contributed by atoms with Crippen molar-refractivity contribution in [1.82, 2.24) is 9.97 Å². The van der Waals surface area contributed by atoms with Crippen molar-refractivity contribution in [3.8, 4) is 0 Å². The van der Waals surface area contributed by atoms with Crippen molar-refractivity contribution in [2.75, 3.05) is 11.4 Å². The maximum absolute atomic E-state index is 13.4. The molecular weight excluding hydrogens is 325 g/mol. The van der Waals surface area contributed by atoms with E-state index in [1.807, 2.05) is 11.0 Å². The third-order valence-electron chi connectivity index (χ3n) is 3.43. The van der Waals surface area contributed by atoms with Crippen LogP contribution in [0.3, 0.4) is 0 Å². The van der Waals surface area contributed by atoms with E-state index in [0.29, 0.717) is 18.8 Å². The standard InChI is InChI=1S/C14H13BrFN3O/c15-12-6-17-8-18-14(12)19-7-11(20)5-13(19)9-2-1-3-10(16)4-9/h1-4,6,8,11,13,20H,5,7H2/t11-,13+/m0/s1. The number of aromatic nitrogens is 2. The number of hydrogen-bond donors (Lipinski definition) is 1. The Morgan fingerprint density at radius 1 is 1.40 bits per heavy atom. The van der Waals surface area contributed by atoms with Crippen LogP contribution < -0.4 is 4.90 Å². The number of aliphatic hydroxyl groups excluding tert-OH is 1. The highest BCUT2D eigenvalue weighted by molar-refractivity contribution is 9.10. The van der Waals surface area contributed by atoms with Gasteiger partial charge < -0.3 is 10.0 Å². The predicted molar refractivity (Wildman–Crippen MR) is 76.8 cm³/mol. The summed E-state index contributed by atoms with van der Waals surface area (Å²) < 4.78 is 14.2. The minimum absolute atomic E-state index is 0.0908. The highest BCUT2D eigenvalue weighted by Crippen LogP contribution is 2.38.